The topological polar surface area (TPSA) is 89.3 Å². The molecule has 0 spiro atoms. The van der Waals surface area contributed by atoms with Crippen molar-refractivity contribution < 1.29 is 14.1 Å². The second-order valence-electron chi connectivity index (χ2n) is 6.32. The molecule has 1 aliphatic rings. The summed E-state index contributed by atoms with van der Waals surface area (Å²) in [6.45, 7) is 4.12. The molecule has 1 aromatic carbocycles. The third kappa shape index (κ3) is 5.56. The molecule has 0 atom stereocenters. The van der Waals surface area contributed by atoms with E-state index in [2.05, 4.69) is 20.8 Å². The lowest BCUT2D eigenvalue weighted by molar-refractivity contribution is -0.116. The third-order valence-corrected chi connectivity index (χ3v) is 4.31. The number of aryl methyl sites for hydroxylation is 1. The molecule has 3 rings (SSSR count). The number of piperidine rings is 1. The highest BCUT2D eigenvalue weighted by atomic mass is 16.5. The van der Waals surface area contributed by atoms with Crippen molar-refractivity contribution in [3.8, 4) is 5.75 Å². The molecule has 1 fully saturated rings. The number of hydrogen-bond acceptors (Lipinski definition) is 6. The molecule has 1 aromatic heterocycles. The highest BCUT2D eigenvalue weighted by Crippen LogP contribution is 2.20. The Balaban J connectivity index is 1.41. The molecule has 0 saturated carbocycles. The molecular weight excluding hydrogens is 320 g/mol. The van der Waals surface area contributed by atoms with Crippen molar-refractivity contribution in [1.82, 2.24) is 15.5 Å². The van der Waals surface area contributed by atoms with Crippen molar-refractivity contribution in [3.05, 3.63) is 36.0 Å². The molecule has 25 heavy (non-hydrogen) atoms. The minimum absolute atomic E-state index is 0.0643. The standard InChI is InChI=1S/C18H24N4O3/c1-13-20-17(22-25-13)12-24-16-5-3-15(4-6-16)21-18(23)7-2-14-8-10-19-11-9-14/h3-6,14,19H,2,7-12H2,1H3,(H,21,23). The third-order valence-electron chi connectivity index (χ3n) is 4.31. The van der Waals surface area contributed by atoms with E-state index in [9.17, 15) is 4.79 Å². The van der Waals surface area contributed by atoms with Crippen LogP contribution in [0.15, 0.2) is 28.8 Å². The van der Waals surface area contributed by atoms with Gasteiger partial charge in [-0.2, -0.15) is 4.98 Å². The summed E-state index contributed by atoms with van der Waals surface area (Å²) in [6.07, 6.45) is 3.86. The van der Waals surface area contributed by atoms with Gasteiger partial charge in [-0.1, -0.05) is 5.16 Å². The van der Waals surface area contributed by atoms with Crippen molar-refractivity contribution in [1.29, 1.82) is 0 Å². The van der Waals surface area contributed by atoms with E-state index in [0.717, 1.165) is 25.2 Å². The zero-order valence-corrected chi connectivity index (χ0v) is 14.5. The zero-order chi connectivity index (χ0) is 17.5. The van der Waals surface area contributed by atoms with E-state index in [1.165, 1.54) is 12.8 Å². The molecule has 0 aliphatic carbocycles. The molecule has 1 amide bonds. The van der Waals surface area contributed by atoms with Gasteiger partial charge in [0, 0.05) is 19.0 Å². The monoisotopic (exact) mass is 344 g/mol. The molecule has 7 nitrogen and oxygen atoms in total. The van der Waals surface area contributed by atoms with Gasteiger partial charge >= 0.3 is 0 Å². The van der Waals surface area contributed by atoms with E-state index in [1.807, 2.05) is 24.3 Å². The summed E-state index contributed by atoms with van der Waals surface area (Å²) in [5, 5.41) is 10.1. The average molecular weight is 344 g/mol. The number of rotatable bonds is 7. The first-order valence-corrected chi connectivity index (χ1v) is 8.71. The molecule has 1 saturated heterocycles. The van der Waals surface area contributed by atoms with Crippen LogP contribution < -0.4 is 15.4 Å². The van der Waals surface area contributed by atoms with Crippen LogP contribution in [0.3, 0.4) is 0 Å². The normalized spacial score (nSPS) is 15.1. The molecule has 2 heterocycles. The van der Waals surface area contributed by atoms with Crippen LogP contribution in [0.2, 0.25) is 0 Å². The molecule has 0 bridgehead atoms. The fourth-order valence-electron chi connectivity index (χ4n) is 2.91. The number of aromatic nitrogens is 2. The van der Waals surface area contributed by atoms with E-state index in [0.29, 0.717) is 29.8 Å². The zero-order valence-electron chi connectivity index (χ0n) is 14.5. The predicted octanol–water partition coefficient (Wildman–Crippen LogP) is 2.68. The highest BCUT2D eigenvalue weighted by molar-refractivity contribution is 5.90. The van der Waals surface area contributed by atoms with Gasteiger partial charge in [-0.3, -0.25) is 4.79 Å². The maximum Gasteiger partial charge on any atom is 0.224 e. The molecule has 0 unspecified atom stereocenters. The van der Waals surface area contributed by atoms with Gasteiger partial charge in [0.05, 0.1) is 0 Å². The van der Waals surface area contributed by atoms with E-state index >= 15 is 0 Å². The van der Waals surface area contributed by atoms with Crippen molar-refractivity contribution in [2.45, 2.75) is 39.2 Å². The lowest BCUT2D eigenvalue weighted by Gasteiger charge is -2.22. The summed E-state index contributed by atoms with van der Waals surface area (Å²) in [5.41, 5.74) is 0.776. The minimum Gasteiger partial charge on any atom is -0.485 e. The van der Waals surface area contributed by atoms with Gasteiger partial charge < -0.3 is 19.9 Å². The van der Waals surface area contributed by atoms with Gasteiger partial charge in [0.25, 0.3) is 0 Å². The number of hydrogen-bond donors (Lipinski definition) is 2. The predicted molar refractivity (Wildman–Crippen MR) is 93.3 cm³/mol. The van der Waals surface area contributed by atoms with Crippen LogP contribution >= 0.6 is 0 Å². The number of ether oxygens (including phenoxy) is 1. The molecule has 2 aromatic rings. The van der Waals surface area contributed by atoms with Crippen LogP contribution in [0.1, 0.15) is 37.4 Å². The SMILES string of the molecule is Cc1nc(COc2ccc(NC(=O)CCC3CCNCC3)cc2)no1. The number of carbonyl (C=O) groups excluding carboxylic acids is 1. The highest BCUT2D eigenvalue weighted by Gasteiger charge is 2.14. The summed E-state index contributed by atoms with van der Waals surface area (Å²) in [4.78, 5) is 16.1. The van der Waals surface area contributed by atoms with E-state index in [1.54, 1.807) is 6.92 Å². The molecule has 7 heteroatoms. The van der Waals surface area contributed by atoms with Crippen LogP contribution in [0.25, 0.3) is 0 Å². The second kappa shape index (κ2) is 8.62. The Kier molecular flexibility index (Phi) is 6.00. The molecule has 0 radical (unpaired) electrons. The lowest BCUT2D eigenvalue weighted by Crippen LogP contribution is -2.28. The molecule has 1 aliphatic heterocycles. The lowest BCUT2D eigenvalue weighted by atomic mass is 9.93. The van der Waals surface area contributed by atoms with Crippen molar-refractivity contribution >= 4 is 11.6 Å². The molecular formula is C18H24N4O3. The molecule has 2 N–H and O–H groups in total. The van der Waals surface area contributed by atoms with Gasteiger partial charge in [-0.05, 0) is 62.5 Å². The van der Waals surface area contributed by atoms with E-state index in [-0.39, 0.29) is 12.5 Å². The average Bonchev–Trinajstić information content (AvgIpc) is 3.06. The van der Waals surface area contributed by atoms with Crippen LogP contribution in [0, 0.1) is 12.8 Å². The first-order chi connectivity index (χ1) is 12.2. The smallest absolute Gasteiger partial charge is 0.224 e. The van der Waals surface area contributed by atoms with Crippen LogP contribution in [0.5, 0.6) is 5.75 Å². The Morgan fingerprint density at radius 3 is 2.76 bits per heavy atom. The number of benzene rings is 1. The fourth-order valence-corrected chi connectivity index (χ4v) is 2.91. The van der Waals surface area contributed by atoms with Crippen molar-refractivity contribution in [2.24, 2.45) is 5.92 Å². The Labute approximate surface area is 147 Å². The number of anilines is 1. The number of amides is 1. The summed E-state index contributed by atoms with van der Waals surface area (Å²) in [6, 6.07) is 7.29. The van der Waals surface area contributed by atoms with E-state index in [4.69, 9.17) is 9.26 Å². The van der Waals surface area contributed by atoms with Gasteiger partial charge in [-0.15, -0.1) is 0 Å². The maximum atomic E-state index is 12.1. The quantitative estimate of drug-likeness (QED) is 0.803. The Bertz CT molecular complexity index is 678. The maximum absolute atomic E-state index is 12.1. The van der Waals surface area contributed by atoms with Gasteiger partial charge in [0.2, 0.25) is 17.6 Å². The first kappa shape index (κ1) is 17.4. The number of carbonyl (C=O) groups is 1. The van der Waals surface area contributed by atoms with Crippen LogP contribution in [-0.4, -0.2) is 29.1 Å². The summed E-state index contributed by atoms with van der Waals surface area (Å²) in [5.74, 6) is 2.44. The van der Waals surface area contributed by atoms with Crippen molar-refractivity contribution in [2.75, 3.05) is 18.4 Å². The van der Waals surface area contributed by atoms with Gasteiger partial charge in [0.1, 0.15) is 5.75 Å². The molecule has 134 valence electrons. The summed E-state index contributed by atoms with van der Waals surface area (Å²) < 4.78 is 10.5. The van der Waals surface area contributed by atoms with Crippen LogP contribution in [-0.2, 0) is 11.4 Å². The second-order valence-corrected chi connectivity index (χ2v) is 6.32. The van der Waals surface area contributed by atoms with Crippen molar-refractivity contribution in [3.63, 3.8) is 0 Å². The van der Waals surface area contributed by atoms with Gasteiger partial charge in [-0.25, -0.2) is 0 Å². The van der Waals surface area contributed by atoms with Crippen LogP contribution in [0.4, 0.5) is 5.69 Å². The number of nitrogens with zero attached hydrogens (tertiary/aromatic N) is 2. The number of nitrogens with one attached hydrogen (secondary N) is 2. The Morgan fingerprint density at radius 1 is 1.32 bits per heavy atom. The van der Waals surface area contributed by atoms with Gasteiger partial charge in [0.15, 0.2) is 6.61 Å². The Hall–Kier alpha value is -2.41. The van der Waals surface area contributed by atoms with E-state index < -0.39 is 0 Å². The first-order valence-electron chi connectivity index (χ1n) is 8.71. The summed E-state index contributed by atoms with van der Waals surface area (Å²) in [7, 11) is 0. The Morgan fingerprint density at radius 2 is 2.08 bits per heavy atom. The minimum atomic E-state index is 0.0643. The summed E-state index contributed by atoms with van der Waals surface area (Å²) >= 11 is 0. The fraction of sp³-hybridized carbons (Fsp3) is 0.500. The largest absolute Gasteiger partial charge is 0.485 e.